The Morgan fingerprint density at radius 1 is 1.13 bits per heavy atom. The van der Waals surface area contributed by atoms with Crippen molar-refractivity contribution in [3.8, 4) is 28.4 Å². The van der Waals surface area contributed by atoms with Gasteiger partial charge in [0.05, 0.1) is 45.7 Å². The molecule has 0 radical (unpaired) electrons. The molecule has 1 aliphatic heterocycles. The number of likely N-dealkylation sites (tertiary alicyclic amines) is 1. The second-order valence-corrected chi connectivity index (χ2v) is 7.39. The van der Waals surface area contributed by atoms with E-state index in [-0.39, 0.29) is 18.4 Å². The molecule has 31 heavy (non-hydrogen) atoms. The lowest BCUT2D eigenvalue weighted by atomic mass is 10.0. The van der Waals surface area contributed by atoms with Crippen molar-refractivity contribution < 1.29 is 19.0 Å². The van der Waals surface area contributed by atoms with E-state index < -0.39 is 0 Å². The molecule has 3 aromatic rings. The van der Waals surface area contributed by atoms with E-state index >= 15 is 0 Å². The smallest absolute Gasteiger partial charge is 0.227 e. The maximum atomic E-state index is 13.3. The van der Waals surface area contributed by atoms with Crippen molar-refractivity contribution >= 4 is 5.91 Å². The van der Waals surface area contributed by atoms with Gasteiger partial charge in [0.2, 0.25) is 11.7 Å². The highest BCUT2D eigenvalue weighted by Crippen LogP contribution is 2.40. The maximum Gasteiger partial charge on any atom is 0.227 e. The van der Waals surface area contributed by atoms with Gasteiger partial charge in [0.15, 0.2) is 11.5 Å². The molecule has 1 saturated heterocycles. The number of carbonyl (C=O) groups is 1. The summed E-state index contributed by atoms with van der Waals surface area (Å²) in [6.45, 7) is 0.711. The highest BCUT2D eigenvalue weighted by molar-refractivity contribution is 5.80. The third-order valence-corrected chi connectivity index (χ3v) is 5.65. The Bertz CT molecular complexity index is 1030. The zero-order valence-corrected chi connectivity index (χ0v) is 17.9. The lowest BCUT2D eigenvalue weighted by Gasteiger charge is -2.25. The molecule has 1 fully saturated rings. The quantitative estimate of drug-likeness (QED) is 0.628. The number of hydrogen-bond acceptors (Lipinski definition) is 6. The van der Waals surface area contributed by atoms with Crippen LogP contribution in [0.2, 0.25) is 0 Å². The van der Waals surface area contributed by atoms with Gasteiger partial charge in [-0.2, -0.15) is 5.10 Å². The molecule has 0 saturated carbocycles. The monoisotopic (exact) mass is 422 g/mol. The van der Waals surface area contributed by atoms with Crippen molar-refractivity contribution in [1.82, 2.24) is 20.1 Å². The zero-order valence-electron chi connectivity index (χ0n) is 17.9. The molecule has 0 aliphatic carbocycles. The van der Waals surface area contributed by atoms with Crippen molar-refractivity contribution in [3.05, 3.63) is 54.1 Å². The predicted molar refractivity (Wildman–Crippen MR) is 115 cm³/mol. The Labute approximate surface area is 181 Å². The van der Waals surface area contributed by atoms with Gasteiger partial charge in [0.1, 0.15) is 0 Å². The summed E-state index contributed by atoms with van der Waals surface area (Å²) in [6, 6.07) is 7.50. The van der Waals surface area contributed by atoms with Crippen LogP contribution in [-0.4, -0.2) is 53.9 Å². The fourth-order valence-corrected chi connectivity index (χ4v) is 4.19. The fourth-order valence-electron chi connectivity index (χ4n) is 4.19. The molecule has 4 rings (SSSR count). The SMILES string of the molecule is COc1cc(CC(=O)N2CCC[C@@H]2c2[nH]ncc2-c2ccncc2)cc(OC)c1OC. The van der Waals surface area contributed by atoms with Gasteiger partial charge in [-0.25, -0.2) is 0 Å². The number of aromatic amines is 1. The van der Waals surface area contributed by atoms with E-state index in [2.05, 4.69) is 15.2 Å². The number of benzene rings is 1. The van der Waals surface area contributed by atoms with E-state index in [1.807, 2.05) is 35.4 Å². The summed E-state index contributed by atoms with van der Waals surface area (Å²) in [5.41, 5.74) is 3.80. The molecule has 1 amide bonds. The first-order chi connectivity index (χ1) is 15.2. The molecule has 1 atom stereocenters. The number of methoxy groups -OCH3 is 3. The van der Waals surface area contributed by atoms with Gasteiger partial charge in [-0.05, 0) is 48.2 Å². The van der Waals surface area contributed by atoms with Gasteiger partial charge in [-0.1, -0.05) is 0 Å². The molecule has 0 bridgehead atoms. The van der Waals surface area contributed by atoms with E-state index in [1.165, 1.54) is 0 Å². The van der Waals surface area contributed by atoms with Crippen LogP contribution < -0.4 is 14.2 Å². The van der Waals surface area contributed by atoms with Crippen molar-refractivity contribution in [2.45, 2.75) is 25.3 Å². The lowest BCUT2D eigenvalue weighted by molar-refractivity contribution is -0.131. The van der Waals surface area contributed by atoms with Crippen LogP contribution in [0.5, 0.6) is 17.2 Å². The van der Waals surface area contributed by atoms with Gasteiger partial charge < -0.3 is 19.1 Å². The first-order valence-electron chi connectivity index (χ1n) is 10.2. The van der Waals surface area contributed by atoms with Gasteiger partial charge >= 0.3 is 0 Å². The largest absolute Gasteiger partial charge is 0.493 e. The summed E-state index contributed by atoms with van der Waals surface area (Å²) in [6.07, 6.45) is 7.40. The van der Waals surface area contributed by atoms with Crippen molar-refractivity contribution in [3.63, 3.8) is 0 Å². The summed E-state index contributed by atoms with van der Waals surface area (Å²) in [5, 5.41) is 7.38. The molecule has 0 unspecified atom stereocenters. The Morgan fingerprint density at radius 3 is 2.48 bits per heavy atom. The first kappa shape index (κ1) is 20.7. The van der Waals surface area contributed by atoms with E-state index in [0.29, 0.717) is 23.8 Å². The van der Waals surface area contributed by atoms with Crippen LogP contribution in [-0.2, 0) is 11.2 Å². The second kappa shape index (κ2) is 9.07. The number of pyridine rings is 1. The summed E-state index contributed by atoms with van der Waals surface area (Å²) >= 11 is 0. The summed E-state index contributed by atoms with van der Waals surface area (Å²) in [4.78, 5) is 19.3. The number of rotatable bonds is 7. The van der Waals surface area contributed by atoms with Crippen LogP contribution in [0, 0.1) is 0 Å². The topological polar surface area (TPSA) is 89.6 Å². The van der Waals surface area contributed by atoms with Crippen LogP contribution in [0.3, 0.4) is 0 Å². The number of ether oxygens (including phenoxy) is 3. The third-order valence-electron chi connectivity index (χ3n) is 5.65. The van der Waals surface area contributed by atoms with Crippen molar-refractivity contribution in [1.29, 1.82) is 0 Å². The summed E-state index contributed by atoms with van der Waals surface area (Å²) in [5.74, 6) is 1.64. The number of aromatic nitrogens is 3. The zero-order chi connectivity index (χ0) is 21.8. The highest BCUT2D eigenvalue weighted by Gasteiger charge is 2.33. The fraction of sp³-hybridized carbons (Fsp3) is 0.348. The molecule has 1 aliphatic rings. The number of amides is 1. The number of carbonyl (C=O) groups excluding carboxylic acids is 1. The molecule has 1 aromatic carbocycles. The minimum Gasteiger partial charge on any atom is -0.493 e. The Kier molecular flexibility index (Phi) is 6.06. The number of nitrogens with zero attached hydrogens (tertiary/aromatic N) is 3. The number of nitrogens with one attached hydrogen (secondary N) is 1. The van der Waals surface area contributed by atoms with E-state index in [0.717, 1.165) is 35.2 Å². The Morgan fingerprint density at radius 2 is 1.84 bits per heavy atom. The van der Waals surface area contributed by atoms with E-state index in [4.69, 9.17) is 14.2 Å². The van der Waals surface area contributed by atoms with Gasteiger partial charge in [0.25, 0.3) is 0 Å². The first-order valence-corrected chi connectivity index (χ1v) is 10.2. The maximum absolute atomic E-state index is 13.3. The summed E-state index contributed by atoms with van der Waals surface area (Å²) < 4.78 is 16.2. The van der Waals surface area contributed by atoms with E-state index in [9.17, 15) is 4.79 Å². The standard InChI is InChI=1S/C23H26N4O4/c1-29-19-11-15(12-20(30-2)23(19)31-3)13-21(28)27-10-4-5-18(27)22-17(14-25-26-22)16-6-8-24-9-7-16/h6-9,11-12,14,18H,4-5,10,13H2,1-3H3,(H,25,26)/t18-/m1/s1. The summed E-state index contributed by atoms with van der Waals surface area (Å²) in [7, 11) is 4.70. The third kappa shape index (κ3) is 4.05. The molecule has 3 heterocycles. The van der Waals surface area contributed by atoms with Crippen LogP contribution >= 0.6 is 0 Å². The minimum absolute atomic E-state index is 0.0415. The molecule has 8 nitrogen and oxygen atoms in total. The van der Waals surface area contributed by atoms with E-state index in [1.54, 1.807) is 33.7 Å². The molecule has 1 N–H and O–H groups in total. The average molecular weight is 422 g/mol. The highest BCUT2D eigenvalue weighted by atomic mass is 16.5. The number of hydrogen-bond donors (Lipinski definition) is 1. The van der Waals surface area contributed by atoms with Gasteiger partial charge in [0, 0.05) is 24.5 Å². The predicted octanol–water partition coefficient (Wildman–Crippen LogP) is 3.40. The molecular formula is C23H26N4O4. The lowest BCUT2D eigenvalue weighted by Crippen LogP contribution is -2.32. The Balaban J connectivity index is 1.58. The second-order valence-electron chi connectivity index (χ2n) is 7.39. The molecule has 2 aromatic heterocycles. The molecule has 0 spiro atoms. The van der Waals surface area contributed by atoms with Crippen LogP contribution in [0.15, 0.2) is 42.9 Å². The van der Waals surface area contributed by atoms with Gasteiger partial charge in [-0.15, -0.1) is 0 Å². The molecular weight excluding hydrogens is 396 g/mol. The van der Waals surface area contributed by atoms with Crippen molar-refractivity contribution in [2.75, 3.05) is 27.9 Å². The van der Waals surface area contributed by atoms with Crippen molar-refractivity contribution in [2.24, 2.45) is 0 Å². The minimum atomic E-state index is -0.0415. The van der Waals surface area contributed by atoms with Crippen LogP contribution in [0.4, 0.5) is 0 Å². The number of H-pyrrole nitrogens is 1. The van der Waals surface area contributed by atoms with Gasteiger partial charge in [-0.3, -0.25) is 14.9 Å². The Hall–Kier alpha value is -3.55. The normalized spacial score (nSPS) is 15.7. The average Bonchev–Trinajstić information content (AvgIpc) is 3.48. The molecule has 8 heteroatoms. The van der Waals surface area contributed by atoms with Crippen LogP contribution in [0.1, 0.15) is 30.1 Å². The molecule has 162 valence electrons. The van der Waals surface area contributed by atoms with Crippen LogP contribution in [0.25, 0.3) is 11.1 Å².